The Balaban J connectivity index is 1.49. The van der Waals surface area contributed by atoms with Gasteiger partial charge in [-0.25, -0.2) is 4.79 Å². The number of hydrogen-bond donors (Lipinski definition) is 2. The zero-order valence-electron chi connectivity index (χ0n) is 16.0. The lowest BCUT2D eigenvalue weighted by molar-refractivity contribution is -0.133. The Kier molecular flexibility index (Phi) is 4.55. The van der Waals surface area contributed by atoms with E-state index in [4.69, 9.17) is 10.5 Å². The fourth-order valence-corrected chi connectivity index (χ4v) is 5.66. The molecule has 5 heteroatoms. The van der Waals surface area contributed by atoms with Crippen LogP contribution >= 0.6 is 0 Å². The molecule has 2 amide bonds. The molecular formula is C22H28N2O3. The van der Waals surface area contributed by atoms with Gasteiger partial charge in [-0.15, -0.1) is 0 Å². The predicted octanol–water partition coefficient (Wildman–Crippen LogP) is 3.79. The average Bonchev–Trinajstić information content (AvgIpc) is 2.62. The molecule has 4 aliphatic carbocycles. The summed E-state index contributed by atoms with van der Waals surface area (Å²) in [5.74, 6) is 9.98. The standard InChI is InChI=1S/C22H28N2O3/c1-14(24(26)21(23)25)6-7-16-4-3-5-20(10-16)27-22-11-17-8-18(12-22)15(2)19(9-17)13-22/h3-5,10,14-15,17-19,26H,8-9,11-13H2,1-2H3,(H2,23,25)/t14-,15?,17?,18-,19-,22?/m1/s1. The number of carbonyl (C=O) groups is 1. The van der Waals surface area contributed by atoms with E-state index in [-0.39, 0.29) is 5.60 Å². The number of amides is 2. The molecule has 3 N–H and O–H groups in total. The minimum Gasteiger partial charge on any atom is -0.487 e. The molecule has 0 radical (unpaired) electrons. The summed E-state index contributed by atoms with van der Waals surface area (Å²) in [5, 5.41) is 9.96. The maximum Gasteiger partial charge on any atom is 0.339 e. The van der Waals surface area contributed by atoms with Gasteiger partial charge in [-0.1, -0.05) is 24.8 Å². The maximum atomic E-state index is 11.0. The monoisotopic (exact) mass is 368 g/mol. The minimum atomic E-state index is -0.912. The van der Waals surface area contributed by atoms with Crippen LogP contribution in [0.1, 0.15) is 51.5 Å². The molecule has 0 heterocycles. The van der Waals surface area contributed by atoms with E-state index in [9.17, 15) is 10.0 Å². The number of nitrogens with two attached hydrogens (primary N) is 1. The summed E-state index contributed by atoms with van der Waals surface area (Å²) < 4.78 is 6.59. The van der Waals surface area contributed by atoms with Crippen molar-refractivity contribution in [3.8, 4) is 17.6 Å². The molecule has 5 nitrogen and oxygen atoms in total. The van der Waals surface area contributed by atoms with Gasteiger partial charge in [0.1, 0.15) is 17.4 Å². The molecule has 1 aromatic carbocycles. The van der Waals surface area contributed by atoms with Crippen molar-refractivity contribution in [3.63, 3.8) is 0 Å². The summed E-state index contributed by atoms with van der Waals surface area (Å²) in [5.41, 5.74) is 5.85. The Morgan fingerprint density at radius 1 is 1.33 bits per heavy atom. The molecule has 4 bridgehead atoms. The second kappa shape index (κ2) is 6.76. The molecule has 1 aromatic rings. The number of rotatable bonds is 3. The average molecular weight is 368 g/mol. The van der Waals surface area contributed by atoms with Crippen molar-refractivity contribution in [2.75, 3.05) is 0 Å². The number of carbonyl (C=O) groups excluding carboxylic acids is 1. The summed E-state index contributed by atoms with van der Waals surface area (Å²) in [6.07, 6.45) is 6.28. The molecule has 4 saturated carbocycles. The SMILES string of the molecule is CC1[C@@H]2CC3C[C@@H]1CC(Oc1cccc(C#C[C@@H](C)N(O)C(N)=O)c1)(C3)C2. The Labute approximate surface area is 160 Å². The first-order valence-corrected chi connectivity index (χ1v) is 9.93. The highest BCUT2D eigenvalue weighted by molar-refractivity contribution is 5.71. The lowest BCUT2D eigenvalue weighted by atomic mass is 9.50. The molecule has 3 atom stereocenters. The molecule has 0 aliphatic heterocycles. The van der Waals surface area contributed by atoms with Crippen LogP contribution in [0.15, 0.2) is 24.3 Å². The zero-order chi connectivity index (χ0) is 19.2. The highest BCUT2D eigenvalue weighted by Gasteiger charge is 2.55. The lowest BCUT2D eigenvalue weighted by Crippen LogP contribution is -2.56. The summed E-state index contributed by atoms with van der Waals surface area (Å²) in [7, 11) is 0. The van der Waals surface area contributed by atoms with Crippen LogP contribution in [-0.2, 0) is 0 Å². The maximum absolute atomic E-state index is 11.0. The number of primary amides is 1. The lowest BCUT2D eigenvalue weighted by Gasteiger charge is -2.59. The quantitative estimate of drug-likeness (QED) is 0.484. The minimum absolute atomic E-state index is 0.00375. The first-order chi connectivity index (χ1) is 12.8. The molecule has 4 fully saturated rings. The molecule has 27 heavy (non-hydrogen) atoms. The number of nitrogens with zero attached hydrogens (tertiary/aromatic N) is 1. The van der Waals surface area contributed by atoms with E-state index < -0.39 is 12.1 Å². The van der Waals surface area contributed by atoms with Gasteiger partial charge in [-0.2, -0.15) is 5.06 Å². The van der Waals surface area contributed by atoms with Gasteiger partial charge in [0.2, 0.25) is 0 Å². The van der Waals surface area contributed by atoms with E-state index in [1.165, 1.54) is 32.1 Å². The third-order valence-electron chi connectivity index (χ3n) is 6.87. The van der Waals surface area contributed by atoms with Crippen molar-refractivity contribution >= 4 is 6.03 Å². The third-order valence-corrected chi connectivity index (χ3v) is 6.87. The van der Waals surface area contributed by atoms with Crippen molar-refractivity contribution in [3.05, 3.63) is 29.8 Å². The van der Waals surface area contributed by atoms with Gasteiger partial charge in [0.05, 0.1) is 0 Å². The molecule has 0 unspecified atom stereocenters. The van der Waals surface area contributed by atoms with Gasteiger partial charge in [0.25, 0.3) is 0 Å². The molecular weight excluding hydrogens is 340 g/mol. The predicted molar refractivity (Wildman–Crippen MR) is 102 cm³/mol. The zero-order valence-corrected chi connectivity index (χ0v) is 16.0. The Morgan fingerprint density at radius 3 is 2.70 bits per heavy atom. The second-order valence-corrected chi connectivity index (χ2v) is 8.77. The molecule has 144 valence electrons. The molecule has 4 aliphatic rings. The van der Waals surface area contributed by atoms with E-state index >= 15 is 0 Å². The number of benzene rings is 1. The fourth-order valence-electron chi connectivity index (χ4n) is 5.66. The highest BCUT2D eigenvalue weighted by Crippen LogP contribution is 2.59. The summed E-state index contributed by atoms with van der Waals surface area (Å²) in [6.45, 7) is 4.05. The van der Waals surface area contributed by atoms with Crippen molar-refractivity contribution in [1.29, 1.82) is 0 Å². The van der Waals surface area contributed by atoms with Crippen LogP contribution < -0.4 is 10.5 Å². The highest BCUT2D eigenvalue weighted by atomic mass is 16.5. The van der Waals surface area contributed by atoms with E-state index in [0.717, 1.165) is 35.0 Å². The van der Waals surface area contributed by atoms with Crippen molar-refractivity contribution in [2.45, 2.75) is 57.6 Å². The van der Waals surface area contributed by atoms with Crippen molar-refractivity contribution in [1.82, 2.24) is 5.06 Å². The van der Waals surface area contributed by atoms with Crippen LogP contribution in [-0.4, -0.2) is 27.9 Å². The first kappa shape index (κ1) is 18.2. The smallest absolute Gasteiger partial charge is 0.339 e. The van der Waals surface area contributed by atoms with Crippen LogP contribution in [0, 0.1) is 35.5 Å². The van der Waals surface area contributed by atoms with E-state index in [1.807, 2.05) is 24.3 Å². The fraction of sp³-hybridized carbons (Fsp3) is 0.591. The van der Waals surface area contributed by atoms with E-state index in [2.05, 4.69) is 18.8 Å². The molecule has 0 aromatic heterocycles. The van der Waals surface area contributed by atoms with Gasteiger partial charge in [-0.3, -0.25) is 5.21 Å². The third kappa shape index (κ3) is 3.51. The van der Waals surface area contributed by atoms with Crippen LogP contribution in [0.2, 0.25) is 0 Å². The van der Waals surface area contributed by atoms with Gasteiger partial charge in [-0.05, 0) is 80.9 Å². The van der Waals surface area contributed by atoms with Crippen LogP contribution in [0.4, 0.5) is 4.79 Å². The van der Waals surface area contributed by atoms with E-state index in [1.54, 1.807) is 6.92 Å². The number of ether oxygens (including phenoxy) is 1. The van der Waals surface area contributed by atoms with Crippen LogP contribution in [0.3, 0.4) is 0 Å². The van der Waals surface area contributed by atoms with Gasteiger partial charge < -0.3 is 10.5 Å². The van der Waals surface area contributed by atoms with Crippen LogP contribution in [0.5, 0.6) is 5.75 Å². The second-order valence-electron chi connectivity index (χ2n) is 8.77. The van der Waals surface area contributed by atoms with E-state index in [0.29, 0.717) is 5.06 Å². The topological polar surface area (TPSA) is 75.8 Å². The number of hydrogen-bond acceptors (Lipinski definition) is 3. The van der Waals surface area contributed by atoms with Gasteiger partial charge in [0.15, 0.2) is 0 Å². The van der Waals surface area contributed by atoms with Gasteiger partial charge in [0, 0.05) is 5.56 Å². The summed E-state index contributed by atoms with van der Waals surface area (Å²) in [6, 6.07) is 6.21. The molecule has 0 spiro atoms. The number of urea groups is 1. The molecule has 0 saturated heterocycles. The summed E-state index contributed by atoms with van der Waals surface area (Å²) in [4.78, 5) is 11.0. The normalized spacial score (nSPS) is 34.5. The van der Waals surface area contributed by atoms with Gasteiger partial charge >= 0.3 is 6.03 Å². The Bertz CT molecular complexity index is 780. The van der Waals surface area contributed by atoms with Crippen molar-refractivity contribution in [2.24, 2.45) is 29.4 Å². The van der Waals surface area contributed by atoms with Crippen LogP contribution in [0.25, 0.3) is 0 Å². The van der Waals surface area contributed by atoms with Crippen molar-refractivity contribution < 1.29 is 14.7 Å². The molecule has 5 rings (SSSR count). The Hall–Kier alpha value is -2.19. The largest absolute Gasteiger partial charge is 0.487 e. The Morgan fingerprint density at radius 2 is 2.04 bits per heavy atom. The number of hydroxylamine groups is 2. The first-order valence-electron chi connectivity index (χ1n) is 9.93. The summed E-state index contributed by atoms with van der Waals surface area (Å²) >= 11 is 0.